The SMILES string of the molecule is COc1ccc2[nH]c(CCN(Cc3ccccc3)Cc3ccccc3)c(C#N)c2c1C. The number of nitrogens with zero attached hydrogens (tertiary/aromatic N) is 2. The van der Waals surface area contributed by atoms with Gasteiger partial charge in [-0.15, -0.1) is 0 Å². The highest BCUT2D eigenvalue weighted by Crippen LogP contribution is 2.31. The summed E-state index contributed by atoms with van der Waals surface area (Å²) in [6.07, 6.45) is 0.777. The third-order valence-corrected chi connectivity index (χ3v) is 5.76. The van der Waals surface area contributed by atoms with Crippen LogP contribution in [0.25, 0.3) is 10.9 Å². The van der Waals surface area contributed by atoms with Gasteiger partial charge in [0.05, 0.1) is 12.7 Å². The lowest BCUT2D eigenvalue weighted by molar-refractivity contribution is 0.259. The van der Waals surface area contributed by atoms with Gasteiger partial charge in [0, 0.05) is 48.2 Å². The van der Waals surface area contributed by atoms with Gasteiger partial charge in [0.2, 0.25) is 0 Å². The van der Waals surface area contributed by atoms with Crippen LogP contribution in [0.2, 0.25) is 0 Å². The summed E-state index contributed by atoms with van der Waals surface area (Å²) >= 11 is 0. The van der Waals surface area contributed by atoms with Crippen molar-refractivity contribution in [1.82, 2.24) is 9.88 Å². The van der Waals surface area contributed by atoms with E-state index in [1.54, 1.807) is 7.11 Å². The number of hydrogen-bond acceptors (Lipinski definition) is 3. The van der Waals surface area contributed by atoms with Gasteiger partial charge < -0.3 is 9.72 Å². The largest absolute Gasteiger partial charge is 0.496 e. The fraction of sp³-hybridized carbons (Fsp3) is 0.222. The van der Waals surface area contributed by atoms with E-state index in [-0.39, 0.29) is 0 Å². The van der Waals surface area contributed by atoms with E-state index in [0.717, 1.165) is 59.5 Å². The number of aryl methyl sites for hydroxylation is 1. The minimum absolute atomic E-state index is 0.728. The fourth-order valence-corrected chi connectivity index (χ4v) is 4.19. The van der Waals surface area contributed by atoms with Crippen molar-refractivity contribution in [2.45, 2.75) is 26.4 Å². The maximum Gasteiger partial charge on any atom is 0.122 e. The zero-order valence-electron chi connectivity index (χ0n) is 18.1. The molecule has 156 valence electrons. The maximum absolute atomic E-state index is 9.90. The molecule has 3 aromatic carbocycles. The van der Waals surface area contributed by atoms with Gasteiger partial charge in [0.25, 0.3) is 0 Å². The van der Waals surface area contributed by atoms with E-state index in [4.69, 9.17) is 4.74 Å². The molecule has 4 nitrogen and oxygen atoms in total. The number of ether oxygens (including phenoxy) is 1. The number of nitriles is 1. The van der Waals surface area contributed by atoms with Crippen LogP contribution in [0, 0.1) is 18.3 Å². The molecule has 0 radical (unpaired) electrons. The summed E-state index contributed by atoms with van der Waals surface area (Å²) in [5.41, 5.74) is 6.28. The summed E-state index contributed by atoms with van der Waals surface area (Å²) in [7, 11) is 1.67. The van der Waals surface area contributed by atoms with Crippen LogP contribution in [-0.2, 0) is 19.5 Å². The molecule has 0 amide bonds. The third-order valence-electron chi connectivity index (χ3n) is 5.76. The van der Waals surface area contributed by atoms with Crippen molar-refractivity contribution in [1.29, 1.82) is 5.26 Å². The van der Waals surface area contributed by atoms with Crippen LogP contribution in [0.1, 0.15) is 27.9 Å². The van der Waals surface area contributed by atoms with E-state index in [1.165, 1.54) is 11.1 Å². The van der Waals surface area contributed by atoms with Crippen molar-refractivity contribution in [3.8, 4) is 11.8 Å². The first kappa shape index (κ1) is 20.7. The minimum Gasteiger partial charge on any atom is -0.496 e. The molecular formula is C27H27N3O. The van der Waals surface area contributed by atoms with Crippen molar-refractivity contribution < 1.29 is 4.74 Å². The zero-order chi connectivity index (χ0) is 21.6. The predicted octanol–water partition coefficient (Wildman–Crippen LogP) is 5.60. The average Bonchev–Trinajstić information content (AvgIpc) is 3.17. The van der Waals surface area contributed by atoms with Gasteiger partial charge in [0.1, 0.15) is 11.8 Å². The van der Waals surface area contributed by atoms with Crippen molar-refractivity contribution in [2.24, 2.45) is 0 Å². The molecule has 0 aliphatic carbocycles. The van der Waals surface area contributed by atoms with Gasteiger partial charge in [0.15, 0.2) is 0 Å². The van der Waals surface area contributed by atoms with E-state index in [1.807, 2.05) is 31.2 Å². The van der Waals surface area contributed by atoms with Crippen LogP contribution in [-0.4, -0.2) is 23.5 Å². The minimum atomic E-state index is 0.728. The molecule has 0 spiro atoms. The molecule has 0 atom stereocenters. The molecule has 0 fully saturated rings. The summed E-state index contributed by atoms with van der Waals surface area (Å²) in [5, 5.41) is 10.9. The number of H-pyrrole nitrogens is 1. The van der Waals surface area contributed by atoms with E-state index in [0.29, 0.717) is 0 Å². The van der Waals surface area contributed by atoms with Crippen molar-refractivity contribution in [3.63, 3.8) is 0 Å². The van der Waals surface area contributed by atoms with Crippen molar-refractivity contribution in [2.75, 3.05) is 13.7 Å². The highest BCUT2D eigenvalue weighted by Gasteiger charge is 2.17. The molecule has 31 heavy (non-hydrogen) atoms. The molecule has 0 aliphatic heterocycles. The van der Waals surface area contributed by atoms with Crippen molar-refractivity contribution in [3.05, 3.63) is 101 Å². The highest BCUT2D eigenvalue weighted by molar-refractivity contribution is 5.91. The quantitative estimate of drug-likeness (QED) is 0.412. The molecule has 4 heteroatoms. The zero-order valence-corrected chi connectivity index (χ0v) is 18.1. The summed E-state index contributed by atoms with van der Waals surface area (Å²) in [4.78, 5) is 5.92. The summed E-state index contributed by atoms with van der Waals surface area (Å²) in [5.74, 6) is 0.810. The molecule has 1 N–H and O–H groups in total. The molecule has 1 aromatic heterocycles. The topological polar surface area (TPSA) is 52.0 Å². The lowest BCUT2D eigenvalue weighted by atomic mass is 10.0. The van der Waals surface area contributed by atoms with Crippen LogP contribution < -0.4 is 4.74 Å². The first-order chi connectivity index (χ1) is 15.2. The fourth-order valence-electron chi connectivity index (χ4n) is 4.19. The molecule has 0 saturated heterocycles. The molecule has 4 aromatic rings. The monoisotopic (exact) mass is 409 g/mol. The highest BCUT2D eigenvalue weighted by atomic mass is 16.5. The smallest absolute Gasteiger partial charge is 0.122 e. The van der Waals surface area contributed by atoms with Crippen LogP contribution in [0.3, 0.4) is 0 Å². The van der Waals surface area contributed by atoms with Gasteiger partial charge in [-0.05, 0) is 30.2 Å². The number of rotatable bonds is 8. The Morgan fingerprint density at radius 3 is 2.06 bits per heavy atom. The number of aromatic amines is 1. The standard InChI is InChI=1S/C27H27N3O/c1-20-26(31-2)14-13-25-27(20)23(17-28)24(29-25)15-16-30(18-21-9-5-3-6-10-21)19-22-11-7-4-8-12-22/h3-14,29H,15-16,18-19H2,1-2H3. The molecule has 0 unspecified atom stereocenters. The van der Waals surface area contributed by atoms with Crippen LogP contribution >= 0.6 is 0 Å². The van der Waals surface area contributed by atoms with Crippen molar-refractivity contribution >= 4 is 10.9 Å². The Morgan fingerprint density at radius 1 is 0.903 bits per heavy atom. The van der Waals surface area contributed by atoms with Crippen LogP contribution in [0.4, 0.5) is 0 Å². The van der Waals surface area contributed by atoms with E-state index < -0.39 is 0 Å². The Bertz CT molecular complexity index is 1150. The Kier molecular flexibility index (Phi) is 6.35. The molecule has 0 bridgehead atoms. The lowest BCUT2D eigenvalue weighted by Gasteiger charge is -2.22. The maximum atomic E-state index is 9.90. The summed E-state index contributed by atoms with van der Waals surface area (Å²) in [6, 6.07) is 27.5. The Morgan fingerprint density at radius 2 is 1.52 bits per heavy atom. The van der Waals surface area contributed by atoms with Gasteiger partial charge in [-0.3, -0.25) is 4.90 Å². The molecule has 4 rings (SSSR count). The molecule has 1 heterocycles. The molecule has 0 saturated carbocycles. The number of aromatic nitrogens is 1. The van der Waals surface area contributed by atoms with Gasteiger partial charge >= 0.3 is 0 Å². The first-order valence-corrected chi connectivity index (χ1v) is 10.6. The van der Waals surface area contributed by atoms with E-state index >= 15 is 0 Å². The number of fused-ring (bicyclic) bond motifs is 1. The van der Waals surface area contributed by atoms with Crippen LogP contribution in [0.15, 0.2) is 72.8 Å². The van der Waals surface area contributed by atoms with E-state index in [2.05, 4.69) is 64.5 Å². The predicted molar refractivity (Wildman–Crippen MR) is 125 cm³/mol. The normalized spacial score (nSPS) is 11.0. The second-order valence-corrected chi connectivity index (χ2v) is 7.84. The van der Waals surface area contributed by atoms with Gasteiger partial charge in [-0.25, -0.2) is 0 Å². The number of nitrogens with one attached hydrogen (secondary N) is 1. The third kappa shape index (κ3) is 4.63. The first-order valence-electron chi connectivity index (χ1n) is 10.6. The molecular weight excluding hydrogens is 382 g/mol. The second kappa shape index (κ2) is 9.51. The Hall–Kier alpha value is -3.55. The Balaban J connectivity index is 1.59. The summed E-state index contributed by atoms with van der Waals surface area (Å²) < 4.78 is 5.46. The van der Waals surface area contributed by atoms with Gasteiger partial charge in [-0.1, -0.05) is 60.7 Å². The summed E-state index contributed by atoms with van der Waals surface area (Å²) in [6.45, 7) is 4.59. The van der Waals surface area contributed by atoms with Crippen LogP contribution in [0.5, 0.6) is 5.75 Å². The Labute approximate surface area is 183 Å². The number of benzene rings is 3. The number of hydrogen-bond donors (Lipinski definition) is 1. The average molecular weight is 410 g/mol. The van der Waals surface area contributed by atoms with E-state index in [9.17, 15) is 5.26 Å². The second-order valence-electron chi connectivity index (χ2n) is 7.84. The number of methoxy groups -OCH3 is 1. The molecule has 0 aliphatic rings. The lowest BCUT2D eigenvalue weighted by Crippen LogP contribution is -2.25. The van der Waals surface area contributed by atoms with Gasteiger partial charge in [-0.2, -0.15) is 5.26 Å².